The van der Waals surface area contributed by atoms with Gasteiger partial charge in [0.05, 0.1) is 11.9 Å². The number of sulfonamides is 1. The first-order valence-electron chi connectivity index (χ1n) is 14.8. The van der Waals surface area contributed by atoms with Gasteiger partial charge in [0.15, 0.2) is 0 Å². The molecule has 0 aromatic heterocycles. The van der Waals surface area contributed by atoms with Crippen molar-refractivity contribution in [2.75, 3.05) is 37.3 Å². The fraction of sp³-hybridized carbons (Fsp3) is 0.759. The van der Waals surface area contributed by atoms with Crippen LogP contribution in [0.4, 0.5) is 10.5 Å². The molecule has 3 heterocycles. The van der Waals surface area contributed by atoms with E-state index in [9.17, 15) is 18.3 Å². The summed E-state index contributed by atoms with van der Waals surface area (Å²) in [6.45, 7) is 2.50. The molecule has 4 saturated carbocycles. The minimum absolute atomic E-state index is 0.143. The second-order valence-electron chi connectivity index (χ2n) is 13.4. The van der Waals surface area contributed by atoms with E-state index in [0.717, 1.165) is 50.6 Å². The number of hydrogen-bond donors (Lipinski definition) is 2. The molecule has 8 nitrogen and oxygen atoms in total. The lowest BCUT2D eigenvalue weighted by molar-refractivity contribution is -0.137. The Morgan fingerprint density at radius 2 is 1.53 bits per heavy atom. The third-order valence-electron chi connectivity index (χ3n) is 10.9. The number of hydrogen-bond acceptors (Lipinski definition) is 5. The molecule has 3 aliphatic heterocycles. The molecule has 0 radical (unpaired) electrons. The number of benzene rings is 1. The van der Waals surface area contributed by atoms with E-state index in [1.165, 1.54) is 24.7 Å². The first-order valence-corrected chi connectivity index (χ1v) is 16.6. The first-order chi connectivity index (χ1) is 18.1. The zero-order valence-corrected chi connectivity index (χ0v) is 23.3. The standard InChI is InChI=1S/C29H42N4O4S/c1-38(36,37)32-10-8-31(9-11-32)24-4-2-20(3-5-24)21-14-25-6-7-26(15-21)33(25)28(34)30-27-22-12-19-13-23(27)18-29(35,16-19)17-22/h2-5,19,21-23,25-27,35H,6-18H2,1H3,(H,30,34)/t19?,21?,22-,23+,25?,26?,27?,29?. The SMILES string of the molecule is CS(=O)(=O)N1CCN(c2ccc(C3CC4CCC(C3)N4C(=O)NC3[C@@H]4CC5C[C@H]3CC(O)(C5)C4)cc2)CC1. The number of carbonyl (C=O) groups is 1. The molecule has 8 rings (SSSR count). The van der Waals surface area contributed by atoms with Crippen LogP contribution in [0.3, 0.4) is 0 Å². The Labute approximate surface area is 226 Å². The van der Waals surface area contributed by atoms with Crippen LogP contribution < -0.4 is 10.2 Å². The fourth-order valence-electron chi connectivity index (χ4n) is 9.45. The molecular formula is C29H42N4O4S. The Balaban J connectivity index is 0.969. The fourth-order valence-corrected chi connectivity index (χ4v) is 10.3. The monoisotopic (exact) mass is 542 g/mol. The van der Waals surface area contributed by atoms with E-state index in [1.54, 1.807) is 4.31 Å². The van der Waals surface area contributed by atoms with E-state index in [-0.39, 0.29) is 12.1 Å². The molecule has 1 aromatic rings. The summed E-state index contributed by atoms with van der Waals surface area (Å²) in [6.07, 6.45) is 10.6. The van der Waals surface area contributed by atoms with Crippen molar-refractivity contribution in [3.8, 4) is 0 Å². The van der Waals surface area contributed by atoms with Crippen molar-refractivity contribution in [1.82, 2.24) is 14.5 Å². The van der Waals surface area contributed by atoms with Gasteiger partial charge in [-0.1, -0.05) is 12.1 Å². The Kier molecular flexibility index (Phi) is 6.02. The minimum atomic E-state index is -3.12. The minimum Gasteiger partial charge on any atom is -0.390 e. The third kappa shape index (κ3) is 4.42. The summed E-state index contributed by atoms with van der Waals surface area (Å²) in [5, 5.41) is 14.4. The van der Waals surface area contributed by atoms with E-state index in [1.807, 2.05) is 0 Å². The molecule has 5 unspecified atom stereocenters. The van der Waals surface area contributed by atoms with Crippen molar-refractivity contribution in [2.24, 2.45) is 17.8 Å². The zero-order chi connectivity index (χ0) is 26.2. The second-order valence-corrected chi connectivity index (χ2v) is 15.4. The highest BCUT2D eigenvalue weighted by Gasteiger charge is 2.55. The first kappa shape index (κ1) is 25.1. The predicted molar refractivity (Wildman–Crippen MR) is 147 cm³/mol. The highest BCUT2D eigenvalue weighted by atomic mass is 32.2. The van der Waals surface area contributed by atoms with Crippen LogP contribution in [0.1, 0.15) is 69.3 Å². The summed E-state index contributed by atoms with van der Waals surface area (Å²) >= 11 is 0. The lowest BCUT2D eigenvalue weighted by Crippen LogP contribution is -2.63. The van der Waals surface area contributed by atoms with Crippen molar-refractivity contribution in [2.45, 2.75) is 87.4 Å². The Bertz CT molecular complexity index is 1150. The van der Waals surface area contributed by atoms with Gasteiger partial charge in [-0.05, 0) is 99.2 Å². The molecule has 7 aliphatic rings. The van der Waals surface area contributed by atoms with Gasteiger partial charge < -0.3 is 20.2 Å². The molecule has 208 valence electrons. The van der Waals surface area contributed by atoms with E-state index >= 15 is 0 Å². The molecule has 4 aliphatic carbocycles. The number of piperidine rings is 1. The van der Waals surface area contributed by atoms with Crippen molar-refractivity contribution in [1.29, 1.82) is 0 Å². The smallest absolute Gasteiger partial charge is 0.318 e. The van der Waals surface area contributed by atoms with E-state index in [2.05, 4.69) is 39.4 Å². The number of anilines is 1. The van der Waals surface area contributed by atoms with Crippen LogP contribution in [0.15, 0.2) is 24.3 Å². The van der Waals surface area contributed by atoms with Gasteiger partial charge in [-0.2, -0.15) is 4.31 Å². The molecule has 7 fully saturated rings. The molecular weight excluding hydrogens is 500 g/mol. The van der Waals surface area contributed by atoms with E-state index in [0.29, 0.717) is 61.9 Å². The largest absolute Gasteiger partial charge is 0.390 e. The van der Waals surface area contributed by atoms with Crippen molar-refractivity contribution in [3.63, 3.8) is 0 Å². The molecule has 0 spiro atoms. The molecule has 3 saturated heterocycles. The topological polar surface area (TPSA) is 93.2 Å². The number of aliphatic hydroxyl groups is 1. The maximum absolute atomic E-state index is 13.6. The Morgan fingerprint density at radius 1 is 0.921 bits per heavy atom. The van der Waals surface area contributed by atoms with Gasteiger partial charge in [0.2, 0.25) is 10.0 Å². The molecule has 38 heavy (non-hydrogen) atoms. The van der Waals surface area contributed by atoms with E-state index in [4.69, 9.17) is 0 Å². The zero-order valence-electron chi connectivity index (χ0n) is 22.5. The Morgan fingerprint density at radius 3 is 2.08 bits per heavy atom. The van der Waals surface area contributed by atoms with Crippen molar-refractivity contribution >= 4 is 21.7 Å². The van der Waals surface area contributed by atoms with Crippen LogP contribution in [0.25, 0.3) is 0 Å². The van der Waals surface area contributed by atoms with Gasteiger partial charge in [0, 0.05) is 50.0 Å². The lowest BCUT2D eigenvalue weighted by Gasteiger charge is -2.58. The number of piperazine rings is 1. The Hall–Kier alpha value is -1.84. The van der Waals surface area contributed by atoms with Crippen LogP contribution >= 0.6 is 0 Å². The maximum atomic E-state index is 13.6. The quantitative estimate of drug-likeness (QED) is 0.610. The third-order valence-corrected chi connectivity index (χ3v) is 12.2. The summed E-state index contributed by atoms with van der Waals surface area (Å²) in [6, 6.07) is 9.87. The summed E-state index contributed by atoms with van der Waals surface area (Å²) in [5.41, 5.74) is 2.05. The van der Waals surface area contributed by atoms with Crippen LogP contribution in [0.2, 0.25) is 0 Å². The number of nitrogens with one attached hydrogen (secondary N) is 1. The van der Waals surface area contributed by atoms with Gasteiger partial charge >= 0.3 is 6.03 Å². The number of rotatable bonds is 4. The molecule has 9 heteroatoms. The summed E-state index contributed by atoms with van der Waals surface area (Å²) < 4.78 is 25.2. The van der Waals surface area contributed by atoms with Gasteiger partial charge in [-0.25, -0.2) is 13.2 Å². The van der Waals surface area contributed by atoms with Gasteiger partial charge in [0.1, 0.15) is 0 Å². The van der Waals surface area contributed by atoms with Gasteiger partial charge in [-0.3, -0.25) is 0 Å². The number of urea groups is 1. The molecule has 1 aromatic carbocycles. The maximum Gasteiger partial charge on any atom is 0.318 e. The lowest BCUT2D eigenvalue weighted by atomic mass is 9.52. The molecule has 6 bridgehead atoms. The predicted octanol–water partition coefficient (Wildman–Crippen LogP) is 3.13. The number of nitrogens with zero attached hydrogens (tertiary/aromatic N) is 3. The summed E-state index contributed by atoms with van der Waals surface area (Å²) in [4.78, 5) is 18.0. The van der Waals surface area contributed by atoms with Crippen molar-refractivity contribution in [3.05, 3.63) is 29.8 Å². The van der Waals surface area contributed by atoms with Crippen molar-refractivity contribution < 1.29 is 18.3 Å². The number of carbonyl (C=O) groups excluding carboxylic acids is 1. The average Bonchev–Trinajstić information content (AvgIpc) is 3.14. The normalized spacial score (nSPS) is 40.5. The number of fused-ring (bicyclic) bond motifs is 2. The highest BCUT2D eigenvalue weighted by molar-refractivity contribution is 7.88. The number of amides is 2. The van der Waals surface area contributed by atoms with Gasteiger partial charge in [-0.15, -0.1) is 0 Å². The van der Waals surface area contributed by atoms with E-state index < -0.39 is 15.6 Å². The highest BCUT2D eigenvalue weighted by Crippen LogP contribution is 2.56. The van der Waals surface area contributed by atoms with Crippen LogP contribution in [-0.2, 0) is 10.0 Å². The van der Waals surface area contributed by atoms with Gasteiger partial charge in [0.25, 0.3) is 0 Å². The van der Waals surface area contributed by atoms with Crippen LogP contribution in [0, 0.1) is 17.8 Å². The average molecular weight is 543 g/mol. The van der Waals surface area contributed by atoms with Crippen LogP contribution in [-0.4, -0.2) is 84.9 Å². The molecule has 2 amide bonds. The second kappa shape index (κ2) is 9.10. The summed E-state index contributed by atoms with van der Waals surface area (Å²) in [7, 11) is -3.12. The molecule has 7 atom stereocenters. The summed E-state index contributed by atoms with van der Waals surface area (Å²) in [5.74, 6) is 2.01. The molecule has 2 N–H and O–H groups in total. The van der Waals surface area contributed by atoms with Crippen LogP contribution in [0.5, 0.6) is 0 Å².